The van der Waals surface area contributed by atoms with E-state index in [2.05, 4.69) is 5.32 Å². The van der Waals surface area contributed by atoms with Crippen molar-refractivity contribution in [2.24, 2.45) is 0 Å². The van der Waals surface area contributed by atoms with E-state index in [4.69, 9.17) is 16.3 Å². The molecule has 1 aromatic carbocycles. The Morgan fingerprint density at radius 2 is 1.91 bits per heavy atom. The Morgan fingerprint density at radius 1 is 1.27 bits per heavy atom. The summed E-state index contributed by atoms with van der Waals surface area (Å²) in [5.41, 5.74) is 0. The Balaban J connectivity index is 1.69. The average molecular weight is 325 g/mol. The van der Waals surface area contributed by atoms with E-state index in [1.165, 1.54) is 0 Å². The lowest BCUT2D eigenvalue weighted by Gasteiger charge is -2.32. The molecular weight excluding hydrogens is 304 g/mol. The minimum absolute atomic E-state index is 0.0181. The van der Waals surface area contributed by atoms with Gasteiger partial charge in [0.05, 0.1) is 0 Å². The Morgan fingerprint density at radius 3 is 2.50 bits per heavy atom. The molecule has 0 aliphatic carbocycles. The summed E-state index contributed by atoms with van der Waals surface area (Å²) >= 11 is 5.78. The van der Waals surface area contributed by atoms with E-state index in [0.29, 0.717) is 30.3 Å². The van der Waals surface area contributed by atoms with Crippen LogP contribution in [0, 0.1) is 0 Å². The summed E-state index contributed by atoms with van der Waals surface area (Å²) in [6, 6.07) is 7.00. The second-order valence-electron chi connectivity index (χ2n) is 5.32. The van der Waals surface area contributed by atoms with Gasteiger partial charge in [0.15, 0.2) is 6.61 Å². The largest absolute Gasteiger partial charge is 0.484 e. The zero-order valence-corrected chi connectivity index (χ0v) is 13.4. The van der Waals surface area contributed by atoms with Crippen molar-refractivity contribution in [2.45, 2.75) is 32.2 Å². The van der Waals surface area contributed by atoms with Crippen molar-refractivity contribution in [3.63, 3.8) is 0 Å². The minimum atomic E-state index is -0.143. The highest BCUT2D eigenvalue weighted by atomic mass is 35.5. The van der Waals surface area contributed by atoms with Crippen LogP contribution in [0.2, 0.25) is 5.02 Å². The van der Waals surface area contributed by atoms with Crippen molar-refractivity contribution in [1.29, 1.82) is 0 Å². The molecule has 1 fully saturated rings. The van der Waals surface area contributed by atoms with Crippen LogP contribution < -0.4 is 10.1 Å². The molecule has 0 saturated carbocycles. The van der Waals surface area contributed by atoms with E-state index in [1.54, 1.807) is 24.3 Å². The summed E-state index contributed by atoms with van der Waals surface area (Å²) in [4.78, 5) is 25.3. The van der Waals surface area contributed by atoms with E-state index in [9.17, 15) is 9.59 Å². The molecule has 0 unspecified atom stereocenters. The predicted molar refractivity (Wildman–Crippen MR) is 85.0 cm³/mol. The van der Waals surface area contributed by atoms with Gasteiger partial charge in [-0.3, -0.25) is 9.59 Å². The molecule has 1 aliphatic rings. The Hall–Kier alpha value is -1.75. The number of carbonyl (C=O) groups excluding carboxylic acids is 2. The first-order chi connectivity index (χ1) is 10.6. The highest BCUT2D eigenvalue weighted by Gasteiger charge is 2.22. The number of likely N-dealkylation sites (tertiary alicyclic amines) is 1. The topological polar surface area (TPSA) is 58.6 Å². The van der Waals surface area contributed by atoms with Gasteiger partial charge in [-0.15, -0.1) is 0 Å². The Bertz CT molecular complexity index is 511. The molecule has 5 nitrogen and oxygen atoms in total. The number of hydrogen-bond donors (Lipinski definition) is 1. The van der Waals surface area contributed by atoms with E-state index >= 15 is 0 Å². The number of nitrogens with zero attached hydrogens (tertiary/aromatic N) is 1. The van der Waals surface area contributed by atoms with Gasteiger partial charge in [-0.25, -0.2) is 0 Å². The maximum atomic E-state index is 11.9. The van der Waals surface area contributed by atoms with Crippen molar-refractivity contribution >= 4 is 23.4 Å². The first-order valence-corrected chi connectivity index (χ1v) is 7.91. The fraction of sp³-hybridized carbons (Fsp3) is 0.500. The fourth-order valence-corrected chi connectivity index (χ4v) is 2.57. The lowest BCUT2D eigenvalue weighted by Crippen LogP contribution is -2.47. The van der Waals surface area contributed by atoms with Crippen LogP contribution >= 0.6 is 11.6 Å². The predicted octanol–water partition coefficient (Wildman–Crippen LogP) is 2.24. The molecule has 1 saturated heterocycles. The fourth-order valence-electron chi connectivity index (χ4n) is 2.45. The van der Waals surface area contributed by atoms with Crippen LogP contribution in [0.1, 0.15) is 26.2 Å². The molecule has 120 valence electrons. The molecule has 1 N–H and O–H groups in total. The van der Waals surface area contributed by atoms with Gasteiger partial charge < -0.3 is 15.0 Å². The van der Waals surface area contributed by atoms with Gasteiger partial charge in [0.2, 0.25) is 5.91 Å². The number of halogens is 1. The number of amides is 2. The standard InChI is InChI=1S/C16H21ClN2O3/c1-2-16(21)19-9-7-13(8-10-19)18-15(20)11-22-14-5-3-12(17)4-6-14/h3-6,13H,2,7-11H2,1H3,(H,18,20). The highest BCUT2D eigenvalue weighted by molar-refractivity contribution is 6.30. The number of carbonyl (C=O) groups is 2. The summed E-state index contributed by atoms with van der Waals surface area (Å²) < 4.78 is 5.41. The van der Waals surface area contributed by atoms with E-state index in [0.717, 1.165) is 12.8 Å². The normalized spacial score (nSPS) is 15.5. The van der Waals surface area contributed by atoms with Crippen LogP contribution in [0.15, 0.2) is 24.3 Å². The summed E-state index contributed by atoms with van der Waals surface area (Å²) in [6.07, 6.45) is 2.11. The molecule has 1 aromatic rings. The smallest absolute Gasteiger partial charge is 0.258 e. The summed E-state index contributed by atoms with van der Waals surface area (Å²) in [5.74, 6) is 0.647. The molecular formula is C16H21ClN2O3. The molecule has 1 aliphatic heterocycles. The first-order valence-electron chi connectivity index (χ1n) is 7.54. The van der Waals surface area contributed by atoms with Gasteiger partial charge in [0.25, 0.3) is 5.91 Å². The van der Waals surface area contributed by atoms with Gasteiger partial charge >= 0.3 is 0 Å². The molecule has 2 rings (SSSR count). The van der Waals surface area contributed by atoms with E-state index in [1.807, 2.05) is 11.8 Å². The summed E-state index contributed by atoms with van der Waals surface area (Å²) in [7, 11) is 0. The first kappa shape index (κ1) is 16.6. The third kappa shape index (κ3) is 4.91. The third-order valence-electron chi connectivity index (χ3n) is 3.70. The third-order valence-corrected chi connectivity index (χ3v) is 3.95. The monoisotopic (exact) mass is 324 g/mol. The second-order valence-corrected chi connectivity index (χ2v) is 5.76. The maximum Gasteiger partial charge on any atom is 0.258 e. The number of nitrogens with one attached hydrogen (secondary N) is 1. The molecule has 0 aromatic heterocycles. The van der Waals surface area contributed by atoms with Crippen molar-refractivity contribution in [3.05, 3.63) is 29.3 Å². The van der Waals surface area contributed by atoms with Crippen molar-refractivity contribution < 1.29 is 14.3 Å². The molecule has 0 spiro atoms. The molecule has 1 heterocycles. The molecule has 2 amide bonds. The van der Waals surface area contributed by atoms with Crippen LogP contribution in [0.5, 0.6) is 5.75 Å². The number of ether oxygens (including phenoxy) is 1. The van der Waals surface area contributed by atoms with Crippen LogP contribution in [0.25, 0.3) is 0 Å². The minimum Gasteiger partial charge on any atom is -0.484 e. The van der Waals surface area contributed by atoms with E-state index in [-0.39, 0.29) is 24.5 Å². The molecule has 0 radical (unpaired) electrons. The van der Waals surface area contributed by atoms with Gasteiger partial charge in [-0.2, -0.15) is 0 Å². The number of piperidine rings is 1. The number of rotatable bonds is 5. The van der Waals surface area contributed by atoms with Gasteiger partial charge in [0, 0.05) is 30.6 Å². The molecule has 0 bridgehead atoms. The molecule has 6 heteroatoms. The summed E-state index contributed by atoms with van der Waals surface area (Å²) in [5, 5.41) is 3.58. The summed E-state index contributed by atoms with van der Waals surface area (Å²) in [6.45, 7) is 3.26. The van der Waals surface area contributed by atoms with E-state index < -0.39 is 0 Å². The van der Waals surface area contributed by atoms with Crippen LogP contribution in [0.4, 0.5) is 0 Å². The van der Waals surface area contributed by atoms with Crippen LogP contribution in [-0.4, -0.2) is 42.5 Å². The van der Waals surface area contributed by atoms with Crippen LogP contribution in [-0.2, 0) is 9.59 Å². The van der Waals surface area contributed by atoms with Gasteiger partial charge in [-0.1, -0.05) is 18.5 Å². The van der Waals surface area contributed by atoms with Crippen LogP contribution in [0.3, 0.4) is 0 Å². The van der Waals surface area contributed by atoms with Crippen molar-refractivity contribution in [1.82, 2.24) is 10.2 Å². The SMILES string of the molecule is CCC(=O)N1CCC(NC(=O)COc2ccc(Cl)cc2)CC1. The zero-order valence-electron chi connectivity index (χ0n) is 12.7. The lowest BCUT2D eigenvalue weighted by molar-refractivity contribution is -0.132. The van der Waals surface area contributed by atoms with Gasteiger partial charge in [0.1, 0.15) is 5.75 Å². The molecule has 0 atom stereocenters. The average Bonchev–Trinajstić information content (AvgIpc) is 2.54. The number of benzene rings is 1. The maximum absolute atomic E-state index is 11.9. The van der Waals surface area contributed by atoms with Crippen molar-refractivity contribution in [3.8, 4) is 5.75 Å². The zero-order chi connectivity index (χ0) is 15.9. The quantitative estimate of drug-likeness (QED) is 0.903. The lowest BCUT2D eigenvalue weighted by atomic mass is 10.0. The number of hydrogen-bond acceptors (Lipinski definition) is 3. The Labute approximate surface area is 135 Å². The Kier molecular flexibility index (Phi) is 6.07. The molecule has 22 heavy (non-hydrogen) atoms. The highest BCUT2D eigenvalue weighted by Crippen LogP contribution is 2.15. The van der Waals surface area contributed by atoms with Gasteiger partial charge in [-0.05, 0) is 37.1 Å². The van der Waals surface area contributed by atoms with Crippen molar-refractivity contribution in [2.75, 3.05) is 19.7 Å². The second kappa shape index (κ2) is 8.03.